The molecular weight excluding hydrogens is 321 g/mol. The van der Waals surface area contributed by atoms with Gasteiger partial charge in [-0.05, 0) is 36.4 Å². The molecule has 0 radical (unpaired) electrons. The fourth-order valence-corrected chi connectivity index (χ4v) is 2.21. The number of rotatable bonds is 3. The zero-order valence-corrected chi connectivity index (χ0v) is 12.0. The maximum Gasteiger partial charge on any atom is 0.265 e. The molecule has 0 saturated carbocycles. The van der Waals surface area contributed by atoms with Crippen LogP contribution in [0.1, 0.15) is 13.0 Å². The molecule has 120 valence electrons. The van der Waals surface area contributed by atoms with Crippen molar-refractivity contribution in [3.05, 3.63) is 69.4 Å². The first kappa shape index (κ1) is 16.9. The minimum Gasteiger partial charge on any atom is -0.391 e. The highest BCUT2D eigenvalue weighted by Gasteiger charge is 2.14. The molecule has 0 aliphatic rings. The van der Waals surface area contributed by atoms with Crippen LogP contribution >= 0.6 is 11.6 Å². The van der Waals surface area contributed by atoms with Crippen LogP contribution < -0.4 is 10.9 Å². The van der Waals surface area contributed by atoms with Crippen molar-refractivity contribution in [2.24, 2.45) is 0 Å². The molecule has 0 bridgehead atoms. The number of pyridine rings is 1. The molecule has 3 aromatic rings. The molecular formula is C16H15ClFN3O2. The Balaban J connectivity index is 0.00000192. The molecule has 0 atom stereocenters. The molecule has 3 rings (SSSR count). The monoisotopic (exact) mass is 335 g/mol. The van der Waals surface area contributed by atoms with Crippen LogP contribution in [0.15, 0.2) is 47.4 Å². The minimum absolute atomic E-state index is 0. The van der Waals surface area contributed by atoms with Gasteiger partial charge in [0.25, 0.3) is 5.56 Å². The lowest BCUT2D eigenvalue weighted by Crippen LogP contribution is -2.22. The van der Waals surface area contributed by atoms with E-state index in [4.69, 9.17) is 11.6 Å². The van der Waals surface area contributed by atoms with Crippen LogP contribution in [0, 0.1) is 5.82 Å². The van der Waals surface area contributed by atoms with Crippen molar-refractivity contribution in [2.75, 3.05) is 5.32 Å². The second-order valence-electron chi connectivity index (χ2n) is 4.58. The molecule has 23 heavy (non-hydrogen) atoms. The molecule has 2 N–H and O–H groups in total. The Morgan fingerprint density at radius 1 is 1.26 bits per heavy atom. The van der Waals surface area contributed by atoms with Crippen LogP contribution in [-0.4, -0.2) is 14.5 Å². The summed E-state index contributed by atoms with van der Waals surface area (Å²) in [5, 5.41) is 12.9. The topological polar surface area (TPSA) is 66.6 Å². The van der Waals surface area contributed by atoms with Gasteiger partial charge < -0.3 is 10.4 Å². The van der Waals surface area contributed by atoms with Crippen molar-refractivity contribution < 1.29 is 9.50 Å². The third kappa shape index (κ3) is 3.18. The molecule has 0 unspecified atom stereocenters. The lowest BCUT2D eigenvalue weighted by Gasteiger charge is -2.11. The highest BCUT2D eigenvalue weighted by atomic mass is 35.5. The lowest BCUT2D eigenvalue weighted by atomic mass is 10.2. The Morgan fingerprint density at radius 3 is 2.61 bits per heavy atom. The highest BCUT2D eigenvalue weighted by Crippen LogP contribution is 2.20. The number of aliphatic hydroxyl groups excluding tert-OH is 1. The number of nitrogens with zero attached hydrogens (tertiary/aromatic N) is 2. The van der Waals surface area contributed by atoms with Gasteiger partial charge in [-0.15, -0.1) is 0 Å². The van der Waals surface area contributed by atoms with E-state index in [0.717, 1.165) is 4.40 Å². The van der Waals surface area contributed by atoms with Crippen molar-refractivity contribution in [1.29, 1.82) is 0 Å². The third-order valence-corrected chi connectivity index (χ3v) is 3.42. The summed E-state index contributed by atoms with van der Waals surface area (Å²) in [4.78, 5) is 16.4. The molecule has 2 aromatic heterocycles. The van der Waals surface area contributed by atoms with Crippen molar-refractivity contribution in [3.8, 4) is 0 Å². The quantitative estimate of drug-likeness (QED) is 0.770. The number of halogens is 2. The summed E-state index contributed by atoms with van der Waals surface area (Å²) in [6.45, 7) is -0.513. The first-order chi connectivity index (χ1) is 10.6. The SMILES string of the molecule is C.O=c1c(CO)c(Nc2ccc(Cl)cc2)nc2c(F)cccn12. The number of nitrogens with one attached hydrogen (secondary N) is 1. The van der Waals surface area contributed by atoms with Gasteiger partial charge in [-0.3, -0.25) is 9.20 Å². The summed E-state index contributed by atoms with van der Waals surface area (Å²) in [6.07, 6.45) is 1.40. The summed E-state index contributed by atoms with van der Waals surface area (Å²) in [5.41, 5.74) is 0.0365. The first-order valence-electron chi connectivity index (χ1n) is 6.43. The predicted octanol–water partition coefficient (Wildman–Crippen LogP) is 3.36. The van der Waals surface area contributed by atoms with Gasteiger partial charge in [0.1, 0.15) is 5.82 Å². The Kier molecular flexibility index (Phi) is 4.98. The van der Waals surface area contributed by atoms with Crippen LogP contribution in [0.25, 0.3) is 5.65 Å². The molecule has 0 spiro atoms. The van der Waals surface area contributed by atoms with Gasteiger partial charge in [0.05, 0.1) is 12.2 Å². The average molecular weight is 336 g/mol. The van der Waals surface area contributed by atoms with E-state index in [2.05, 4.69) is 10.3 Å². The number of hydrogen-bond donors (Lipinski definition) is 2. The molecule has 7 heteroatoms. The largest absolute Gasteiger partial charge is 0.391 e. The molecule has 5 nitrogen and oxygen atoms in total. The normalized spacial score (nSPS) is 10.4. The predicted molar refractivity (Wildman–Crippen MR) is 88.8 cm³/mol. The summed E-state index contributed by atoms with van der Waals surface area (Å²) < 4.78 is 14.9. The van der Waals surface area contributed by atoms with Gasteiger partial charge >= 0.3 is 0 Å². The van der Waals surface area contributed by atoms with Gasteiger partial charge in [0, 0.05) is 16.9 Å². The van der Waals surface area contributed by atoms with Crippen LogP contribution in [0.3, 0.4) is 0 Å². The molecule has 2 heterocycles. The smallest absolute Gasteiger partial charge is 0.265 e. The molecule has 1 aromatic carbocycles. The summed E-state index contributed by atoms with van der Waals surface area (Å²) in [5.74, 6) is -0.511. The maximum absolute atomic E-state index is 13.8. The molecule has 0 amide bonds. The second-order valence-corrected chi connectivity index (χ2v) is 5.02. The lowest BCUT2D eigenvalue weighted by molar-refractivity contribution is 0.280. The molecule has 0 fully saturated rings. The number of hydrogen-bond acceptors (Lipinski definition) is 4. The number of benzene rings is 1. The van der Waals surface area contributed by atoms with Gasteiger partial charge in [0.2, 0.25) is 0 Å². The third-order valence-electron chi connectivity index (χ3n) is 3.17. The van der Waals surface area contributed by atoms with E-state index in [-0.39, 0.29) is 24.5 Å². The van der Waals surface area contributed by atoms with Crippen molar-refractivity contribution >= 4 is 28.8 Å². The van der Waals surface area contributed by atoms with Gasteiger partial charge in [-0.1, -0.05) is 19.0 Å². The van der Waals surface area contributed by atoms with E-state index in [1.54, 1.807) is 24.3 Å². The Hall–Kier alpha value is -2.44. The van der Waals surface area contributed by atoms with Crippen LogP contribution in [-0.2, 0) is 6.61 Å². The maximum atomic E-state index is 13.8. The standard InChI is InChI=1S/C15H11ClFN3O2.CH4/c16-9-3-5-10(6-4-9)18-13-11(8-21)15(22)20-7-1-2-12(17)14(20)19-13;/h1-7,18,21H,8H2;1H4. The zero-order valence-electron chi connectivity index (χ0n) is 11.3. The van der Waals surface area contributed by atoms with E-state index >= 15 is 0 Å². The molecule has 0 aliphatic heterocycles. The van der Waals surface area contributed by atoms with Gasteiger partial charge in [-0.25, -0.2) is 9.37 Å². The highest BCUT2D eigenvalue weighted by molar-refractivity contribution is 6.30. The van der Waals surface area contributed by atoms with Gasteiger partial charge in [0.15, 0.2) is 11.5 Å². The summed E-state index contributed by atoms with van der Waals surface area (Å²) in [7, 11) is 0. The van der Waals surface area contributed by atoms with E-state index in [9.17, 15) is 14.3 Å². The number of fused-ring (bicyclic) bond motifs is 1. The Morgan fingerprint density at radius 2 is 1.96 bits per heavy atom. The fraction of sp³-hybridized carbons (Fsp3) is 0.125. The Labute approximate surface area is 137 Å². The fourth-order valence-electron chi connectivity index (χ4n) is 2.08. The zero-order chi connectivity index (χ0) is 15.7. The van der Waals surface area contributed by atoms with Crippen LogP contribution in [0.2, 0.25) is 5.02 Å². The van der Waals surface area contributed by atoms with Crippen LogP contribution in [0.5, 0.6) is 0 Å². The van der Waals surface area contributed by atoms with E-state index in [1.165, 1.54) is 18.3 Å². The van der Waals surface area contributed by atoms with E-state index in [1.807, 2.05) is 0 Å². The van der Waals surface area contributed by atoms with Crippen molar-refractivity contribution in [3.63, 3.8) is 0 Å². The molecule has 0 aliphatic carbocycles. The minimum atomic E-state index is -0.622. The summed E-state index contributed by atoms with van der Waals surface area (Å²) in [6, 6.07) is 9.32. The van der Waals surface area contributed by atoms with Crippen LogP contribution in [0.4, 0.5) is 15.9 Å². The number of aliphatic hydroxyl groups is 1. The number of aromatic nitrogens is 2. The van der Waals surface area contributed by atoms with E-state index < -0.39 is 18.0 Å². The van der Waals surface area contributed by atoms with E-state index in [0.29, 0.717) is 10.7 Å². The van der Waals surface area contributed by atoms with Gasteiger partial charge in [-0.2, -0.15) is 0 Å². The second kappa shape index (κ2) is 6.76. The molecule has 0 saturated heterocycles. The Bertz CT molecular complexity index is 894. The first-order valence-corrected chi connectivity index (χ1v) is 6.81. The van der Waals surface area contributed by atoms with Crippen molar-refractivity contribution in [2.45, 2.75) is 14.0 Å². The van der Waals surface area contributed by atoms with Crippen molar-refractivity contribution in [1.82, 2.24) is 9.38 Å². The summed E-state index contributed by atoms with van der Waals surface area (Å²) >= 11 is 5.81. The average Bonchev–Trinajstić information content (AvgIpc) is 2.51. The number of anilines is 2.